The highest BCUT2D eigenvalue weighted by Gasteiger charge is 2.47. The van der Waals surface area contributed by atoms with Gasteiger partial charge in [0.15, 0.2) is 0 Å². The van der Waals surface area contributed by atoms with Gasteiger partial charge in [0.1, 0.15) is 5.75 Å². The van der Waals surface area contributed by atoms with E-state index in [2.05, 4.69) is 10.3 Å². The summed E-state index contributed by atoms with van der Waals surface area (Å²) in [4.78, 5) is 16.5. The van der Waals surface area contributed by atoms with Crippen molar-refractivity contribution in [3.05, 3.63) is 23.0 Å². The van der Waals surface area contributed by atoms with E-state index in [-0.39, 0.29) is 19.4 Å². The molecule has 1 aliphatic carbocycles. The summed E-state index contributed by atoms with van der Waals surface area (Å²) in [6, 6.07) is 0. The summed E-state index contributed by atoms with van der Waals surface area (Å²) < 4.78 is 44.6. The van der Waals surface area contributed by atoms with E-state index in [4.69, 9.17) is 4.74 Å². The van der Waals surface area contributed by atoms with Gasteiger partial charge in [0.2, 0.25) is 5.91 Å². The van der Waals surface area contributed by atoms with Crippen molar-refractivity contribution in [2.45, 2.75) is 52.3 Å². The minimum absolute atomic E-state index is 0.0250. The molecule has 1 aromatic rings. The van der Waals surface area contributed by atoms with Crippen molar-refractivity contribution in [2.24, 2.45) is 11.8 Å². The van der Waals surface area contributed by atoms with Crippen molar-refractivity contribution in [3.63, 3.8) is 0 Å². The van der Waals surface area contributed by atoms with Gasteiger partial charge in [0, 0.05) is 23.2 Å². The van der Waals surface area contributed by atoms with Crippen LogP contribution < -0.4 is 10.1 Å². The number of amides is 1. The lowest BCUT2D eigenvalue weighted by molar-refractivity contribution is -0.198. The summed E-state index contributed by atoms with van der Waals surface area (Å²) in [6.07, 6.45) is -1.23. The second-order valence-electron chi connectivity index (χ2n) is 6.30. The molecule has 1 fully saturated rings. The average molecular weight is 344 g/mol. The zero-order valence-corrected chi connectivity index (χ0v) is 14.2. The minimum Gasteiger partial charge on any atom is -0.496 e. The summed E-state index contributed by atoms with van der Waals surface area (Å²) in [6.45, 7) is 3.78. The van der Waals surface area contributed by atoms with Crippen LogP contribution in [-0.4, -0.2) is 24.2 Å². The summed E-state index contributed by atoms with van der Waals surface area (Å²) in [7, 11) is 1.55. The van der Waals surface area contributed by atoms with Gasteiger partial charge < -0.3 is 10.1 Å². The van der Waals surface area contributed by atoms with E-state index < -0.39 is 23.9 Å². The number of ether oxygens (including phenoxy) is 1. The summed E-state index contributed by atoms with van der Waals surface area (Å²) in [5.41, 5.74) is 2.26. The molecule has 0 bridgehead atoms. The third-order valence-electron chi connectivity index (χ3n) is 4.70. The van der Waals surface area contributed by atoms with Gasteiger partial charge >= 0.3 is 6.18 Å². The van der Waals surface area contributed by atoms with Crippen LogP contribution in [0.4, 0.5) is 13.2 Å². The number of carbonyl (C=O) groups excluding carboxylic acids is 1. The Morgan fingerprint density at radius 2 is 2.00 bits per heavy atom. The molecule has 24 heavy (non-hydrogen) atoms. The number of nitrogens with one attached hydrogen (secondary N) is 1. The number of halogens is 3. The van der Waals surface area contributed by atoms with Crippen LogP contribution in [0.2, 0.25) is 0 Å². The maximum atomic E-state index is 13.1. The fraction of sp³-hybridized carbons (Fsp3) is 0.647. The topological polar surface area (TPSA) is 51.2 Å². The Kier molecular flexibility index (Phi) is 5.72. The van der Waals surface area contributed by atoms with Gasteiger partial charge in [-0.2, -0.15) is 13.2 Å². The van der Waals surface area contributed by atoms with Gasteiger partial charge in [-0.1, -0.05) is 12.8 Å². The first-order valence-electron chi connectivity index (χ1n) is 8.09. The van der Waals surface area contributed by atoms with E-state index in [9.17, 15) is 18.0 Å². The molecule has 1 amide bonds. The number of rotatable bonds is 4. The zero-order chi connectivity index (χ0) is 17.9. The number of methoxy groups -OCH3 is 1. The van der Waals surface area contributed by atoms with E-state index in [1.165, 1.54) is 0 Å². The molecule has 0 spiro atoms. The molecule has 7 heteroatoms. The first-order valence-corrected chi connectivity index (χ1v) is 8.09. The lowest BCUT2D eigenvalue weighted by atomic mass is 9.78. The highest BCUT2D eigenvalue weighted by Crippen LogP contribution is 2.41. The molecular weight excluding hydrogens is 321 g/mol. The van der Waals surface area contributed by atoms with E-state index in [1.807, 2.05) is 13.8 Å². The van der Waals surface area contributed by atoms with E-state index in [0.29, 0.717) is 24.3 Å². The molecule has 1 saturated carbocycles. The van der Waals surface area contributed by atoms with Crippen molar-refractivity contribution in [2.75, 3.05) is 7.11 Å². The number of carbonyl (C=O) groups is 1. The predicted octanol–water partition coefficient (Wildman–Crippen LogP) is 3.69. The first-order chi connectivity index (χ1) is 11.3. The van der Waals surface area contributed by atoms with Crippen molar-refractivity contribution in [1.82, 2.24) is 10.3 Å². The van der Waals surface area contributed by atoms with Crippen LogP contribution in [0, 0.1) is 25.7 Å². The third-order valence-corrected chi connectivity index (χ3v) is 4.70. The third kappa shape index (κ3) is 3.99. The van der Waals surface area contributed by atoms with Crippen molar-refractivity contribution in [1.29, 1.82) is 0 Å². The molecule has 0 aromatic carbocycles. The SMILES string of the molecule is COc1c(C)cnc(CNC(=O)C2CCCCC2C(F)(F)F)c1C. The number of nitrogens with zero attached hydrogens (tertiary/aromatic N) is 1. The normalized spacial score (nSPS) is 21.4. The monoisotopic (exact) mass is 344 g/mol. The summed E-state index contributed by atoms with van der Waals surface area (Å²) >= 11 is 0. The zero-order valence-electron chi connectivity index (χ0n) is 14.2. The highest BCUT2D eigenvalue weighted by atomic mass is 19.4. The fourth-order valence-corrected chi connectivity index (χ4v) is 3.39. The lowest BCUT2D eigenvalue weighted by Gasteiger charge is -2.32. The van der Waals surface area contributed by atoms with Crippen LogP contribution in [0.3, 0.4) is 0 Å². The number of pyridine rings is 1. The standard InChI is InChI=1S/C17H23F3N2O2/c1-10-8-21-14(11(2)15(10)24-3)9-22-16(23)12-6-4-5-7-13(12)17(18,19)20/h8,12-13H,4-7,9H2,1-3H3,(H,22,23). The predicted molar refractivity (Wildman–Crippen MR) is 83.6 cm³/mol. The fourth-order valence-electron chi connectivity index (χ4n) is 3.39. The first kappa shape index (κ1) is 18.5. The summed E-state index contributed by atoms with van der Waals surface area (Å²) in [5, 5.41) is 2.63. The van der Waals surface area contributed by atoms with Gasteiger partial charge in [-0.15, -0.1) is 0 Å². The molecule has 0 radical (unpaired) electrons. The molecule has 134 valence electrons. The molecule has 0 saturated heterocycles. The van der Waals surface area contributed by atoms with Crippen LogP contribution in [0.1, 0.15) is 42.5 Å². The van der Waals surface area contributed by atoms with Crippen LogP contribution in [0.15, 0.2) is 6.20 Å². The molecule has 1 aliphatic rings. The molecule has 2 rings (SSSR count). The van der Waals surface area contributed by atoms with Crippen LogP contribution >= 0.6 is 0 Å². The number of aryl methyl sites for hydroxylation is 1. The van der Waals surface area contributed by atoms with Crippen LogP contribution in [0.5, 0.6) is 5.75 Å². The molecule has 1 N–H and O–H groups in total. The quantitative estimate of drug-likeness (QED) is 0.906. The smallest absolute Gasteiger partial charge is 0.392 e. The Balaban J connectivity index is 2.07. The van der Waals surface area contributed by atoms with Crippen molar-refractivity contribution >= 4 is 5.91 Å². The number of hydrogen-bond donors (Lipinski definition) is 1. The number of alkyl halides is 3. The van der Waals surface area contributed by atoms with Gasteiger partial charge in [-0.05, 0) is 26.7 Å². The second-order valence-corrected chi connectivity index (χ2v) is 6.30. The lowest BCUT2D eigenvalue weighted by Crippen LogP contribution is -2.42. The van der Waals surface area contributed by atoms with Crippen molar-refractivity contribution < 1.29 is 22.7 Å². The minimum atomic E-state index is -4.33. The van der Waals surface area contributed by atoms with E-state index in [1.54, 1.807) is 13.3 Å². The Morgan fingerprint density at radius 1 is 1.33 bits per heavy atom. The average Bonchev–Trinajstić information content (AvgIpc) is 2.53. The Bertz CT molecular complexity index is 602. The molecule has 2 unspecified atom stereocenters. The van der Waals surface area contributed by atoms with Crippen molar-refractivity contribution in [3.8, 4) is 5.75 Å². The molecule has 0 aliphatic heterocycles. The van der Waals surface area contributed by atoms with Gasteiger partial charge in [-0.3, -0.25) is 9.78 Å². The Labute approximate surface area is 139 Å². The Morgan fingerprint density at radius 3 is 2.62 bits per heavy atom. The summed E-state index contributed by atoms with van der Waals surface area (Å²) in [5.74, 6) is -2.42. The number of aromatic nitrogens is 1. The highest BCUT2D eigenvalue weighted by molar-refractivity contribution is 5.79. The van der Waals surface area contributed by atoms with Crippen LogP contribution in [-0.2, 0) is 11.3 Å². The van der Waals surface area contributed by atoms with Gasteiger partial charge in [-0.25, -0.2) is 0 Å². The maximum absolute atomic E-state index is 13.1. The molecule has 1 aromatic heterocycles. The largest absolute Gasteiger partial charge is 0.496 e. The molecule has 1 heterocycles. The van der Waals surface area contributed by atoms with Crippen LogP contribution in [0.25, 0.3) is 0 Å². The van der Waals surface area contributed by atoms with Gasteiger partial charge in [0.05, 0.1) is 25.3 Å². The van der Waals surface area contributed by atoms with Gasteiger partial charge in [0.25, 0.3) is 0 Å². The van der Waals surface area contributed by atoms with E-state index >= 15 is 0 Å². The van der Waals surface area contributed by atoms with E-state index in [0.717, 1.165) is 11.1 Å². The molecule has 4 nitrogen and oxygen atoms in total. The maximum Gasteiger partial charge on any atom is 0.392 e. The second kappa shape index (κ2) is 7.40. The Hall–Kier alpha value is -1.79. The molecule has 2 atom stereocenters. The molecular formula is C17H23F3N2O2. The number of hydrogen-bond acceptors (Lipinski definition) is 3.